The highest BCUT2D eigenvalue weighted by atomic mass is 16.6. The summed E-state index contributed by atoms with van der Waals surface area (Å²) >= 11 is 0. The zero-order valence-corrected chi connectivity index (χ0v) is 10.4. The van der Waals surface area contributed by atoms with Gasteiger partial charge in [0.25, 0.3) is 0 Å². The minimum atomic E-state index is -1.21. The molecule has 5 atom stereocenters. The third kappa shape index (κ3) is 1.34. The number of carboxylic acid groups (broad SMARTS) is 1. The van der Waals surface area contributed by atoms with Crippen molar-refractivity contribution in [3.05, 3.63) is 12.2 Å². The first kappa shape index (κ1) is 12.2. The van der Waals surface area contributed by atoms with Crippen molar-refractivity contribution in [3.8, 4) is 0 Å². The summed E-state index contributed by atoms with van der Waals surface area (Å²) in [6.07, 6.45) is -0.777. The first-order chi connectivity index (χ1) is 8.87. The first-order valence-corrected chi connectivity index (χ1v) is 6.18. The summed E-state index contributed by atoms with van der Waals surface area (Å²) in [5, 5.41) is 9.46. The van der Waals surface area contributed by atoms with Crippen molar-refractivity contribution < 1.29 is 29.0 Å². The van der Waals surface area contributed by atoms with Crippen LogP contribution in [0.2, 0.25) is 0 Å². The molecule has 102 valence electrons. The van der Waals surface area contributed by atoms with E-state index in [1.165, 1.54) is 6.92 Å². The SMILES string of the molecule is C=C(C)C(=O)OC1C2CC3C(=O)OC1C3(C(=O)O)C2. The van der Waals surface area contributed by atoms with E-state index in [9.17, 15) is 19.5 Å². The molecular weight excluding hydrogens is 252 g/mol. The average molecular weight is 266 g/mol. The molecule has 3 fully saturated rings. The van der Waals surface area contributed by atoms with Crippen LogP contribution in [0.15, 0.2) is 12.2 Å². The van der Waals surface area contributed by atoms with Crippen LogP contribution in [0.4, 0.5) is 0 Å². The number of carbonyl (C=O) groups excluding carboxylic acids is 2. The molecule has 2 saturated carbocycles. The van der Waals surface area contributed by atoms with E-state index in [0.717, 1.165) is 0 Å². The van der Waals surface area contributed by atoms with Crippen LogP contribution < -0.4 is 0 Å². The number of hydrogen-bond acceptors (Lipinski definition) is 5. The Hall–Kier alpha value is -1.85. The van der Waals surface area contributed by atoms with Crippen molar-refractivity contribution in [2.45, 2.75) is 32.0 Å². The molecule has 0 aromatic carbocycles. The molecule has 0 radical (unpaired) electrons. The zero-order valence-electron chi connectivity index (χ0n) is 10.4. The van der Waals surface area contributed by atoms with Gasteiger partial charge in [-0.25, -0.2) is 4.79 Å². The van der Waals surface area contributed by atoms with Crippen molar-refractivity contribution in [3.63, 3.8) is 0 Å². The van der Waals surface area contributed by atoms with E-state index in [-0.39, 0.29) is 11.5 Å². The van der Waals surface area contributed by atoms with E-state index in [0.29, 0.717) is 12.8 Å². The maximum atomic E-state index is 11.7. The normalized spacial score (nSPS) is 42.1. The van der Waals surface area contributed by atoms with Crippen LogP contribution in [0.1, 0.15) is 19.8 Å². The molecule has 5 unspecified atom stereocenters. The Kier molecular flexibility index (Phi) is 2.30. The van der Waals surface area contributed by atoms with Gasteiger partial charge in [0.2, 0.25) is 0 Å². The second-order valence-corrected chi connectivity index (χ2v) is 5.61. The molecular formula is C13H14O6. The lowest BCUT2D eigenvalue weighted by molar-refractivity contribution is -0.165. The Balaban J connectivity index is 1.92. The fraction of sp³-hybridized carbons (Fsp3) is 0.615. The number of rotatable bonds is 3. The molecule has 6 nitrogen and oxygen atoms in total. The lowest BCUT2D eigenvalue weighted by Crippen LogP contribution is -2.46. The van der Waals surface area contributed by atoms with Gasteiger partial charge in [0, 0.05) is 11.5 Å². The Bertz CT molecular complexity index is 509. The third-order valence-electron chi connectivity index (χ3n) is 4.55. The Morgan fingerprint density at radius 1 is 1.53 bits per heavy atom. The lowest BCUT2D eigenvalue weighted by Gasteiger charge is -2.30. The van der Waals surface area contributed by atoms with Crippen LogP contribution in [-0.4, -0.2) is 35.2 Å². The Morgan fingerprint density at radius 2 is 2.21 bits per heavy atom. The van der Waals surface area contributed by atoms with E-state index in [2.05, 4.69) is 6.58 Å². The second kappa shape index (κ2) is 3.59. The molecule has 0 amide bonds. The van der Waals surface area contributed by atoms with Gasteiger partial charge in [0.15, 0.2) is 6.10 Å². The molecule has 1 aliphatic heterocycles. The topological polar surface area (TPSA) is 89.9 Å². The van der Waals surface area contributed by atoms with E-state index >= 15 is 0 Å². The van der Waals surface area contributed by atoms with Gasteiger partial charge in [-0.2, -0.15) is 0 Å². The van der Waals surface area contributed by atoms with E-state index in [1.54, 1.807) is 0 Å². The van der Waals surface area contributed by atoms with Crippen molar-refractivity contribution in [1.29, 1.82) is 0 Å². The molecule has 6 heteroatoms. The molecule has 2 aliphatic carbocycles. The zero-order chi connectivity index (χ0) is 13.9. The van der Waals surface area contributed by atoms with Crippen molar-refractivity contribution in [2.75, 3.05) is 0 Å². The monoisotopic (exact) mass is 266 g/mol. The first-order valence-electron chi connectivity index (χ1n) is 6.18. The fourth-order valence-corrected chi connectivity index (χ4v) is 3.70. The van der Waals surface area contributed by atoms with Crippen molar-refractivity contribution in [1.82, 2.24) is 0 Å². The average Bonchev–Trinajstić information content (AvgIpc) is 2.89. The van der Waals surface area contributed by atoms with Crippen LogP contribution in [0.25, 0.3) is 0 Å². The summed E-state index contributed by atoms with van der Waals surface area (Å²) in [7, 11) is 0. The van der Waals surface area contributed by atoms with E-state index in [4.69, 9.17) is 9.47 Å². The lowest BCUT2D eigenvalue weighted by atomic mass is 9.74. The highest BCUT2D eigenvalue weighted by Crippen LogP contribution is 2.63. The summed E-state index contributed by atoms with van der Waals surface area (Å²) in [5.41, 5.74) is -0.963. The summed E-state index contributed by atoms with van der Waals surface area (Å²) in [6, 6.07) is 0. The van der Waals surface area contributed by atoms with Gasteiger partial charge in [-0.1, -0.05) is 6.58 Å². The summed E-state index contributed by atoms with van der Waals surface area (Å²) < 4.78 is 10.5. The molecule has 1 saturated heterocycles. The van der Waals surface area contributed by atoms with Crippen LogP contribution in [-0.2, 0) is 23.9 Å². The summed E-state index contributed by atoms with van der Waals surface area (Å²) in [4.78, 5) is 34.9. The van der Waals surface area contributed by atoms with Crippen LogP contribution in [0.5, 0.6) is 0 Å². The van der Waals surface area contributed by atoms with Gasteiger partial charge in [-0.15, -0.1) is 0 Å². The highest BCUT2D eigenvalue weighted by molar-refractivity contribution is 5.91. The standard InChI is InChI=1S/C13H14O6/c1-5(2)10(14)18-8-6-3-7-11(15)19-9(8)13(7,4-6)12(16)17/h6-9H,1,3-4H2,2H3,(H,16,17). The predicted molar refractivity (Wildman–Crippen MR) is 60.9 cm³/mol. The summed E-state index contributed by atoms with van der Waals surface area (Å²) in [6.45, 7) is 5.01. The molecule has 3 aliphatic rings. The Morgan fingerprint density at radius 3 is 2.79 bits per heavy atom. The maximum absolute atomic E-state index is 11.7. The van der Waals surface area contributed by atoms with Gasteiger partial charge in [-0.05, 0) is 19.8 Å². The van der Waals surface area contributed by atoms with Crippen LogP contribution in [0, 0.1) is 17.3 Å². The molecule has 0 spiro atoms. The summed E-state index contributed by atoms with van der Waals surface area (Å²) in [5.74, 6) is -2.81. The molecule has 0 aromatic heterocycles. The van der Waals surface area contributed by atoms with E-state index < -0.39 is 41.4 Å². The third-order valence-corrected chi connectivity index (χ3v) is 4.55. The number of fused-ring (bicyclic) bond motifs is 1. The minimum Gasteiger partial charge on any atom is -0.481 e. The van der Waals surface area contributed by atoms with Crippen LogP contribution >= 0.6 is 0 Å². The number of carbonyl (C=O) groups is 3. The van der Waals surface area contributed by atoms with Crippen molar-refractivity contribution >= 4 is 17.9 Å². The predicted octanol–water partition coefficient (Wildman–Crippen LogP) is 0.510. The number of aliphatic carboxylic acids is 1. The number of carboxylic acids is 1. The number of ether oxygens (including phenoxy) is 2. The van der Waals surface area contributed by atoms with Gasteiger partial charge in [0.05, 0.1) is 5.92 Å². The van der Waals surface area contributed by atoms with E-state index in [1.807, 2.05) is 0 Å². The second-order valence-electron chi connectivity index (χ2n) is 5.61. The van der Waals surface area contributed by atoms with Gasteiger partial charge < -0.3 is 14.6 Å². The maximum Gasteiger partial charge on any atom is 0.333 e. The molecule has 1 N–H and O–H groups in total. The van der Waals surface area contributed by atoms with Crippen LogP contribution in [0.3, 0.4) is 0 Å². The Labute approximate surface area is 109 Å². The molecule has 1 heterocycles. The largest absolute Gasteiger partial charge is 0.481 e. The molecule has 3 rings (SSSR count). The van der Waals surface area contributed by atoms with Gasteiger partial charge in [-0.3, -0.25) is 9.59 Å². The fourth-order valence-electron chi connectivity index (χ4n) is 3.70. The minimum absolute atomic E-state index is 0.124. The van der Waals surface area contributed by atoms with Gasteiger partial charge in [0.1, 0.15) is 11.5 Å². The molecule has 0 aromatic rings. The van der Waals surface area contributed by atoms with Gasteiger partial charge >= 0.3 is 17.9 Å². The number of esters is 2. The smallest absolute Gasteiger partial charge is 0.333 e. The highest BCUT2D eigenvalue weighted by Gasteiger charge is 2.76. The van der Waals surface area contributed by atoms with Crippen molar-refractivity contribution in [2.24, 2.45) is 17.3 Å². The molecule has 19 heavy (non-hydrogen) atoms. The number of hydrogen-bond donors (Lipinski definition) is 1. The molecule has 2 bridgehead atoms. The quantitative estimate of drug-likeness (QED) is 0.591.